The van der Waals surface area contributed by atoms with E-state index in [0.29, 0.717) is 55.2 Å². The maximum atomic E-state index is 12.5. The Morgan fingerprint density at radius 3 is 2.97 bits per heavy atom. The van der Waals surface area contributed by atoms with Crippen LogP contribution in [0.4, 0.5) is 13.2 Å². The molecule has 1 atom stereocenters. The van der Waals surface area contributed by atoms with Crippen LogP contribution in [-0.4, -0.2) is 66.4 Å². The molecule has 0 spiro atoms. The van der Waals surface area contributed by atoms with Gasteiger partial charge >= 0.3 is 6.18 Å². The van der Waals surface area contributed by atoms with Gasteiger partial charge < -0.3 is 15.2 Å². The van der Waals surface area contributed by atoms with Crippen LogP contribution >= 0.6 is 11.6 Å². The summed E-state index contributed by atoms with van der Waals surface area (Å²) in [4.78, 5) is 9.85. The Balaban J connectivity index is 1.44. The van der Waals surface area contributed by atoms with Gasteiger partial charge in [-0.15, -0.1) is 0 Å². The Labute approximate surface area is 171 Å². The Morgan fingerprint density at radius 2 is 2.24 bits per heavy atom. The van der Waals surface area contributed by atoms with Crippen molar-refractivity contribution in [1.82, 2.24) is 25.7 Å². The second-order valence-corrected chi connectivity index (χ2v) is 7.19. The average molecular weight is 431 g/mol. The number of aliphatic imine (C=N–C) groups is 1. The number of nitrogens with zero attached hydrogens (tertiary/aromatic N) is 4. The van der Waals surface area contributed by atoms with Gasteiger partial charge in [-0.05, 0) is 18.6 Å². The maximum Gasteiger partial charge on any atom is 0.401 e. The van der Waals surface area contributed by atoms with E-state index in [1.807, 2.05) is 12.1 Å². The van der Waals surface area contributed by atoms with Crippen molar-refractivity contribution in [2.75, 3.05) is 33.2 Å². The number of hydrogen-bond donors (Lipinski definition) is 2. The van der Waals surface area contributed by atoms with Crippen molar-refractivity contribution in [2.45, 2.75) is 25.1 Å². The van der Waals surface area contributed by atoms with Gasteiger partial charge in [0.2, 0.25) is 11.7 Å². The minimum Gasteiger partial charge on any atom is -0.356 e. The van der Waals surface area contributed by atoms with Crippen LogP contribution in [0, 0.1) is 0 Å². The van der Waals surface area contributed by atoms with Crippen molar-refractivity contribution in [3.63, 3.8) is 0 Å². The van der Waals surface area contributed by atoms with Crippen LogP contribution in [-0.2, 0) is 6.42 Å². The van der Waals surface area contributed by atoms with E-state index >= 15 is 0 Å². The number of benzene rings is 1. The van der Waals surface area contributed by atoms with E-state index in [-0.39, 0.29) is 6.04 Å². The highest BCUT2D eigenvalue weighted by Crippen LogP contribution is 2.21. The third kappa shape index (κ3) is 6.60. The lowest BCUT2D eigenvalue weighted by Gasteiger charge is -2.19. The summed E-state index contributed by atoms with van der Waals surface area (Å²) in [6.45, 7) is 0.328. The first-order chi connectivity index (χ1) is 13.8. The van der Waals surface area contributed by atoms with Crippen molar-refractivity contribution in [2.24, 2.45) is 4.99 Å². The molecule has 0 aliphatic carbocycles. The van der Waals surface area contributed by atoms with Gasteiger partial charge in [-0.3, -0.25) is 9.89 Å². The summed E-state index contributed by atoms with van der Waals surface area (Å²) < 4.78 is 42.7. The van der Waals surface area contributed by atoms with Gasteiger partial charge in [0, 0.05) is 49.7 Å². The molecule has 1 aromatic heterocycles. The minimum atomic E-state index is -4.18. The van der Waals surface area contributed by atoms with Crippen LogP contribution in [0.3, 0.4) is 0 Å². The molecule has 2 N–H and O–H groups in total. The largest absolute Gasteiger partial charge is 0.401 e. The highest BCUT2D eigenvalue weighted by molar-refractivity contribution is 6.30. The summed E-state index contributed by atoms with van der Waals surface area (Å²) in [5, 5.41) is 10.8. The summed E-state index contributed by atoms with van der Waals surface area (Å²) in [5.41, 5.74) is 0.766. The SMILES string of the molecule is CN=C(NCCc1nc(-c2cccc(Cl)c2)no1)NC1CCN(CC(F)(F)F)C1. The molecule has 0 bridgehead atoms. The van der Waals surface area contributed by atoms with Crippen molar-refractivity contribution < 1.29 is 17.7 Å². The van der Waals surface area contributed by atoms with Gasteiger partial charge in [-0.25, -0.2) is 0 Å². The Bertz CT molecular complexity index is 841. The number of aromatic nitrogens is 2. The predicted octanol–water partition coefficient (Wildman–Crippen LogP) is 2.73. The summed E-state index contributed by atoms with van der Waals surface area (Å²) >= 11 is 5.97. The van der Waals surface area contributed by atoms with E-state index in [4.69, 9.17) is 16.1 Å². The Kier molecular flexibility index (Phi) is 6.96. The zero-order valence-corrected chi connectivity index (χ0v) is 16.6. The fraction of sp³-hybridized carbons (Fsp3) is 0.500. The number of nitrogens with one attached hydrogen (secondary N) is 2. The molecule has 7 nitrogen and oxygen atoms in total. The lowest BCUT2D eigenvalue weighted by Crippen LogP contribution is -2.45. The molecule has 1 aromatic carbocycles. The van der Waals surface area contributed by atoms with Crippen LogP contribution in [0.25, 0.3) is 11.4 Å². The van der Waals surface area contributed by atoms with Crippen LogP contribution in [0.15, 0.2) is 33.8 Å². The number of guanidine groups is 1. The normalized spacial score (nSPS) is 18.2. The molecular weight excluding hydrogens is 409 g/mol. The standard InChI is InChI=1S/C18H22ClF3N6O/c1-23-17(25-14-6-8-28(10-14)11-18(20,21)22)24-7-5-15-26-16(27-29-15)12-3-2-4-13(19)9-12/h2-4,9,14H,5-8,10-11H2,1H3,(H2,23,24,25). The number of likely N-dealkylation sites (tertiary alicyclic amines) is 1. The molecule has 29 heavy (non-hydrogen) atoms. The quantitative estimate of drug-likeness (QED) is 0.542. The van der Waals surface area contributed by atoms with E-state index in [2.05, 4.69) is 25.8 Å². The molecule has 2 aromatic rings. The fourth-order valence-electron chi connectivity index (χ4n) is 3.12. The number of hydrogen-bond acceptors (Lipinski definition) is 5. The molecule has 1 aliphatic heterocycles. The van der Waals surface area contributed by atoms with Gasteiger partial charge in [-0.2, -0.15) is 18.2 Å². The lowest BCUT2D eigenvalue weighted by atomic mass is 10.2. The second kappa shape index (κ2) is 9.45. The highest BCUT2D eigenvalue weighted by Gasteiger charge is 2.34. The molecule has 1 aliphatic rings. The first-order valence-electron chi connectivity index (χ1n) is 9.17. The highest BCUT2D eigenvalue weighted by atomic mass is 35.5. The van der Waals surface area contributed by atoms with Crippen LogP contribution in [0.1, 0.15) is 12.3 Å². The molecule has 1 unspecified atom stereocenters. The Hall–Kier alpha value is -2.33. The monoisotopic (exact) mass is 430 g/mol. The third-order valence-electron chi connectivity index (χ3n) is 4.42. The molecule has 0 radical (unpaired) electrons. The van der Waals surface area contributed by atoms with E-state index in [9.17, 15) is 13.2 Å². The molecule has 11 heteroatoms. The zero-order chi connectivity index (χ0) is 20.9. The number of halogens is 4. The van der Waals surface area contributed by atoms with E-state index < -0.39 is 12.7 Å². The number of alkyl halides is 3. The van der Waals surface area contributed by atoms with Crippen molar-refractivity contribution in [3.8, 4) is 11.4 Å². The van der Waals surface area contributed by atoms with Crippen molar-refractivity contribution in [1.29, 1.82) is 0 Å². The van der Waals surface area contributed by atoms with Crippen LogP contribution < -0.4 is 10.6 Å². The summed E-state index contributed by atoms with van der Waals surface area (Å²) in [6, 6.07) is 7.09. The van der Waals surface area contributed by atoms with E-state index in [1.54, 1.807) is 19.2 Å². The van der Waals surface area contributed by atoms with Gasteiger partial charge in [0.25, 0.3) is 0 Å². The average Bonchev–Trinajstić information content (AvgIpc) is 3.29. The van der Waals surface area contributed by atoms with Gasteiger partial charge in [0.1, 0.15) is 0 Å². The van der Waals surface area contributed by atoms with E-state index in [0.717, 1.165) is 5.56 Å². The van der Waals surface area contributed by atoms with Crippen LogP contribution in [0.2, 0.25) is 5.02 Å². The predicted molar refractivity (Wildman–Crippen MR) is 104 cm³/mol. The smallest absolute Gasteiger partial charge is 0.356 e. The zero-order valence-electron chi connectivity index (χ0n) is 15.8. The molecule has 1 fully saturated rings. The topological polar surface area (TPSA) is 78.6 Å². The first kappa shape index (κ1) is 21.4. The summed E-state index contributed by atoms with van der Waals surface area (Å²) in [5.74, 6) is 1.44. The van der Waals surface area contributed by atoms with Crippen molar-refractivity contribution in [3.05, 3.63) is 35.2 Å². The third-order valence-corrected chi connectivity index (χ3v) is 4.66. The maximum absolute atomic E-state index is 12.5. The molecule has 1 saturated heterocycles. The molecule has 0 saturated carbocycles. The minimum absolute atomic E-state index is 0.0820. The van der Waals surface area contributed by atoms with Gasteiger partial charge in [0.15, 0.2) is 5.96 Å². The van der Waals surface area contributed by atoms with Crippen molar-refractivity contribution >= 4 is 17.6 Å². The molecule has 2 heterocycles. The fourth-order valence-corrected chi connectivity index (χ4v) is 3.31. The van der Waals surface area contributed by atoms with Crippen LogP contribution in [0.5, 0.6) is 0 Å². The Morgan fingerprint density at radius 1 is 1.41 bits per heavy atom. The van der Waals surface area contributed by atoms with Gasteiger partial charge in [-0.1, -0.05) is 28.9 Å². The van der Waals surface area contributed by atoms with Gasteiger partial charge in [0.05, 0.1) is 6.54 Å². The molecular formula is C18H22ClF3N6O. The number of rotatable bonds is 6. The lowest BCUT2D eigenvalue weighted by molar-refractivity contribution is -0.143. The molecule has 158 valence electrons. The molecule has 0 amide bonds. The summed E-state index contributed by atoms with van der Waals surface area (Å²) in [6.07, 6.45) is -3.08. The van der Waals surface area contributed by atoms with E-state index in [1.165, 1.54) is 4.90 Å². The second-order valence-electron chi connectivity index (χ2n) is 6.75. The first-order valence-corrected chi connectivity index (χ1v) is 9.55. The summed E-state index contributed by atoms with van der Waals surface area (Å²) in [7, 11) is 1.61. The molecule has 3 rings (SSSR count).